The smallest absolute Gasteiger partial charge is 0.321 e. The molecule has 5 nitrogen and oxygen atoms in total. The number of carbonyl (C=O) groups excluding carboxylic acids is 2. The largest absolute Gasteiger partial charge is 0.338 e. The summed E-state index contributed by atoms with van der Waals surface area (Å²) in [7, 11) is 1.93. The van der Waals surface area contributed by atoms with Gasteiger partial charge in [-0.15, -0.1) is 11.3 Å². The van der Waals surface area contributed by atoms with Gasteiger partial charge < -0.3 is 10.2 Å². The zero-order chi connectivity index (χ0) is 17.5. The number of urea groups is 1. The van der Waals surface area contributed by atoms with Gasteiger partial charge in [-0.3, -0.25) is 10.1 Å². The van der Waals surface area contributed by atoms with E-state index in [1.54, 1.807) is 6.92 Å². The van der Waals surface area contributed by atoms with Crippen molar-refractivity contribution in [3.05, 3.63) is 57.2 Å². The van der Waals surface area contributed by atoms with Gasteiger partial charge in [-0.25, -0.2) is 4.79 Å². The molecule has 3 amide bonds. The van der Waals surface area contributed by atoms with Crippen LogP contribution in [0.4, 0.5) is 4.79 Å². The fourth-order valence-corrected chi connectivity index (χ4v) is 3.70. The maximum atomic E-state index is 12.7. The highest BCUT2D eigenvalue weighted by Crippen LogP contribution is 2.21. The van der Waals surface area contributed by atoms with Crippen LogP contribution in [-0.4, -0.2) is 25.5 Å². The molecule has 0 aliphatic rings. The van der Waals surface area contributed by atoms with E-state index in [1.807, 2.05) is 49.5 Å². The second kappa shape index (κ2) is 8.82. The van der Waals surface area contributed by atoms with Crippen molar-refractivity contribution in [3.8, 4) is 0 Å². The van der Waals surface area contributed by atoms with Crippen LogP contribution < -0.4 is 15.5 Å². The molecular weight excluding hydrogens is 346 g/mol. The summed E-state index contributed by atoms with van der Waals surface area (Å²) in [5.41, 5.74) is 0.861. The lowest BCUT2D eigenvalue weighted by Gasteiger charge is -2.24. The minimum Gasteiger partial charge on any atom is -0.338 e. The zero-order valence-electron chi connectivity index (χ0n) is 13.6. The maximum Gasteiger partial charge on any atom is 0.321 e. The lowest BCUT2D eigenvalue weighted by Crippen LogP contribution is -3.09. The minimum atomic E-state index is -0.491. The summed E-state index contributed by atoms with van der Waals surface area (Å²) in [6.45, 7) is 2.90. The Morgan fingerprint density at radius 3 is 2.50 bits per heavy atom. The first-order valence-electron chi connectivity index (χ1n) is 7.71. The third kappa shape index (κ3) is 5.06. The Kier molecular flexibility index (Phi) is 6.78. The average molecular weight is 367 g/mol. The van der Waals surface area contributed by atoms with Crippen molar-refractivity contribution in [1.82, 2.24) is 10.6 Å². The number of likely N-dealkylation sites (N-methyl/N-ethyl adjacent to an activating group) is 1. The number of quaternary nitrogens is 1. The SMILES string of the molecule is CCNC(=O)NC(=O)[C@@H](c1ccccc1)[NH+](C)Cc1ccc(Cl)s1. The zero-order valence-corrected chi connectivity index (χ0v) is 15.2. The molecular formula is C17H21ClN3O2S+. The van der Waals surface area contributed by atoms with Crippen LogP contribution in [0.1, 0.15) is 23.4 Å². The lowest BCUT2D eigenvalue weighted by molar-refractivity contribution is -0.915. The third-order valence-electron chi connectivity index (χ3n) is 3.54. The highest BCUT2D eigenvalue weighted by molar-refractivity contribution is 7.16. The van der Waals surface area contributed by atoms with Gasteiger partial charge in [0.2, 0.25) is 0 Å². The van der Waals surface area contributed by atoms with Gasteiger partial charge in [-0.2, -0.15) is 0 Å². The number of benzene rings is 1. The molecule has 1 aromatic heterocycles. The summed E-state index contributed by atoms with van der Waals surface area (Å²) in [5.74, 6) is -0.327. The Morgan fingerprint density at radius 1 is 1.21 bits per heavy atom. The van der Waals surface area contributed by atoms with Crippen molar-refractivity contribution >= 4 is 34.9 Å². The molecule has 1 aromatic carbocycles. The summed E-state index contributed by atoms with van der Waals surface area (Å²) in [4.78, 5) is 26.4. The topological polar surface area (TPSA) is 62.6 Å². The summed E-state index contributed by atoms with van der Waals surface area (Å²) in [6.07, 6.45) is 0. The van der Waals surface area contributed by atoms with E-state index in [2.05, 4.69) is 10.6 Å². The predicted octanol–water partition coefficient (Wildman–Crippen LogP) is 2.00. The Morgan fingerprint density at radius 2 is 1.92 bits per heavy atom. The fraction of sp³-hybridized carbons (Fsp3) is 0.294. The molecule has 0 aliphatic carbocycles. The number of nitrogens with one attached hydrogen (secondary N) is 3. The standard InChI is InChI=1S/C17H20ClN3O2S/c1-3-19-17(23)20-16(22)15(12-7-5-4-6-8-12)21(2)11-13-9-10-14(18)24-13/h4-10,15H,3,11H2,1-2H3,(H2,19,20,22,23)/p+1/t15-/m1/s1. The lowest BCUT2D eigenvalue weighted by atomic mass is 10.0. The monoisotopic (exact) mass is 366 g/mol. The van der Waals surface area contributed by atoms with E-state index in [0.29, 0.717) is 13.1 Å². The molecule has 3 N–H and O–H groups in total. The van der Waals surface area contributed by atoms with Gasteiger partial charge in [0.1, 0.15) is 6.54 Å². The van der Waals surface area contributed by atoms with Crippen molar-refractivity contribution in [2.75, 3.05) is 13.6 Å². The van der Waals surface area contributed by atoms with E-state index in [-0.39, 0.29) is 5.91 Å². The molecule has 128 valence electrons. The van der Waals surface area contributed by atoms with Gasteiger partial charge >= 0.3 is 6.03 Å². The molecule has 2 aromatic rings. The molecule has 0 spiro atoms. The number of carbonyl (C=O) groups is 2. The fourth-order valence-electron chi connectivity index (χ4n) is 2.52. The Balaban J connectivity index is 2.19. The van der Waals surface area contributed by atoms with E-state index in [4.69, 9.17) is 11.6 Å². The van der Waals surface area contributed by atoms with E-state index in [1.165, 1.54) is 11.3 Å². The third-order valence-corrected chi connectivity index (χ3v) is 4.78. The Bertz CT molecular complexity index is 690. The molecule has 24 heavy (non-hydrogen) atoms. The molecule has 2 atom stereocenters. The van der Waals surface area contributed by atoms with Crippen molar-refractivity contribution in [3.63, 3.8) is 0 Å². The highest BCUT2D eigenvalue weighted by Gasteiger charge is 2.30. The summed E-state index contributed by atoms with van der Waals surface area (Å²) < 4.78 is 0.723. The van der Waals surface area contributed by atoms with Gasteiger partial charge in [0.15, 0.2) is 6.04 Å². The van der Waals surface area contributed by atoms with Gasteiger partial charge in [0.25, 0.3) is 5.91 Å². The second-order valence-electron chi connectivity index (χ2n) is 5.42. The molecule has 0 saturated heterocycles. The number of halogens is 1. The first-order chi connectivity index (χ1) is 11.5. The number of amides is 3. The van der Waals surface area contributed by atoms with Gasteiger partial charge in [-0.05, 0) is 19.1 Å². The van der Waals surface area contributed by atoms with Crippen molar-refractivity contribution < 1.29 is 14.5 Å². The normalized spacial score (nSPS) is 13.1. The summed E-state index contributed by atoms with van der Waals surface area (Å²) in [5, 5.41) is 5.00. The number of rotatable bonds is 6. The first kappa shape index (κ1) is 18.4. The molecule has 0 saturated carbocycles. The molecule has 1 unspecified atom stereocenters. The maximum absolute atomic E-state index is 12.7. The summed E-state index contributed by atoms with van der Waals surface area (Å²) >= 11 is 7.48. The quantitative estimate of drug-likeness (QED) is 0.732. The second-order valence-corrected chi connectivity index (χ2v) is 7.22. The summed E-state index contributed by atoms with van der Waals surface area (Å²) in [6, 6.07) is 12.3. The Hall–Kier alpha value is -1.89. The minimum absolute atomic E-state index is 0.327. The molecule has 0 fully saturated rings. The number of thiophene rings is 1. The van der Waals surface area contributed by atoms with Crippen LogP contribution in [0.5, 0.6) is 0 Å². The van der Waals surface area contributed by atoms with Crippen molar-refractivity contribution in [2.24, 2.45) is 0 Å². The van der Waals surface area contributed by atoms with Crippen LogP contribution in [0, 0.1) is 0 Å². The number of imide groups is 1. The van der Waals surface area contributed by atoms with Gasteiger partial charge in [-0.1, -0.05) is 41.9 Å². The van der Waals surface area contributed by atoms with E-state index < -0.39 is 12.1 Å². The molecule has 0 bridgehead atoms. The average Bonchev–Trinajstić information content (AvgIpc) is 2.93. The van der Waals surface area contributed by atoms with Crippen LogP contribution in [0.15, 0.2) is 42.5 Å². The van der Waals surface area contributed by atoms with Crippen molar-refractivity contribution in [2.45, 2.75) is 19.5 Å². The Labute approximate surface area is 150 Å². The van der Waals surface area contributed by atoms with E-state index in [0.717, 1.165) is 19.7 Å². The molecule has 2 rings (SSSR count). The molecule has 7 heteroatoms. The number of hydrogen-bond acceptors (Lipinski definition) is 3. The first-order valence-corrected chi connectivity index (χ1v) is 8.91. The van der Waals surface area contributed by atoms with E-state index >= 15 is 0 Å². The highest BCUT2D eigenvalue weighted by atomic mass is 35.5. The van der Waals surface area contributed by atoms with Crippen LogP contribution in [0.3, 0.4) is 0 Å². The van der Waals surface area contributed by atoms with E-state index in [9.17, 15) is 9.59 Å². The molecule has 1 heterocycles. The van der Waals surface area contributed by atoms with Crippen LogP contribution in [-0.2, 0) is 11.3 Å². The molecule has 0 aliphatic heterocycles. The van der Waals surface area contributed by atoms with Gasteiger partial charge in [0, 0.05) is 12.1 Å². The van der Waals surface area contributed by atoms with Gasteiger partial charge in [0.05, 0.1) is 16.3 Å². The van der Waals surface area contributed by atoms with Crippen molar-refractivity contribution in [1.29, 1.82) is 0 Å². The molecule has 0 radical (unpaired) electrons. The number of hydrogen-bond donors (Lipinski definition) is 3. The van der Waals surface area contributed by atoms with Crippen LogP contribution in [0.2, 0.25) is 4.34 Å². The van der Waals surface area contributed by atoms with Crippen LogP contribution in [0.25, 0.3) is 0 Å². The van der Waals surface area contributed by atoms with Crippen LogP contribution >= 0.6 is 22.9 Å². The predicted molar refractivity (Wildman–Crippen MR) is 96.3 cm³/mol.